The van der Waals surface area contributed by atoms with E-state index in [2.05, 4.69) is 4.90 Å². The van der Waals surface area contributed by atoms with Crippen LogP contribution in [0.15, 0.2) is 24.3 Å². The Kier molecular flexibility index (Phi) is 3.81. The average Bonchev–Trinajstić information content (AvgIpc) is 3.21. The zero-order valence-electron chi connectivity index (χ0n) is 13.3. The first-order chi connectivity index (χ1) is 11.1. The summed E-state index contributed by atoms with van der Waals surface area (Å²) in [6.07, 6.45) is 4.61. The number of hydrogen-bond donors (Lipinski definition) is 0. The number of benzene rings is 1. The van der Waals surface area contributed by atoms with Gasteiger partial charge in [0, 0.05) is 25.6 Å². The van der Waals surface area contributed by atoms with Crippen molar-refractivity contribution in [3.63, 3.8) is 0 Å². The highest BCUT2D eigenvalue weighted by atomic mass is 32.1. The standard InChI is InChI=1S/C17H21FN4S/c1-20-16(12-7-8-12)19-22(17(20)23)11-21-9-3-6-15(21)13-4-2-5-14(18)10-13/h2,4-5,10,12,15H,3,6-9,11H2,1H3. The average molecular weight is 332 g/mol. The highest BCUT2D eigenvalue weighted by Gasteiger charge is 2.31. The lowest BCUT2D eigenvalue weighted by Gasteiger charge is -2.24. The minimum Gasteiger partial charge on any atom is -0.307 e. The smallest absolute Gasteiger partial charge is 0.198 e. The largest absolute Gasteiger partial charge is 0.307 e. The summed E-state index contributed by atoms with van der Waals surface area (Å²) in [6.45, 7) is 1.68. The van der Waals surface area contributed by atoms with Crippen LogP contribution in [-0.2, 0) is 13.7 Å². The second kappa shape index (κ2) is 5.83. The minimum atomic E-state index is -0.167. The van der Waals surface area contributed by atoms with Gasteiger partial charge in [0.25, 0.3) is 0 Å². The highest BCUT2D eigenvalue weighted by molar-refractivity contribution is 7.71. The molecule has 4 nitrogen and oxygen atoms in total. The van der Waals surface area contributed by atoms with Crippen molar-refractivity contribution in [3.05, 3.63) is 46.2 Å². The number of aromatic nitrogens is 3. The number of hydrogen-bond acceptors (Lipinski definition) is 3. The van der Waals surface area contributed by atoms with Gasteiger partial charge >= 0.3 is 0 Å². The van der Waals surface area contributed by atoms with Crippen LogP contribution in [0.1, 0.15) is 49.0 Å². The summed E-state index contributed by atoms with van der Waals surface area (Å²) in [5.41, 5.74) is 1.05. The Balaban J connectivity index is 1.58. The molecular formula is C17H21FN4S. The highest BCUT2D eigenvalue weighted by Crippen LogP contribution is 2.39. The molecule has 2 heterocycles. The van der Waals surface area contributed by atoms with Gasteiger partial charge in [-0.2, -0.15) is 5.10 Å². The molecule has 23 heavy (non-hydrogen) atoms. The lowest BCUT2D eigenvalue weighted by Crippen LogP contribution is -2.27. The van der Waals surface area contributed by atoms with E-state index in [-0.39, 0.29) is 11.9 Å². The van der Waals surface area contributed by atoms with E-state index < -0.39 is 0 Å². The lowest BCUT2D eigenvalue weighted by atomic mass is 10.0. The van der Waals surface area contributed by atoms with Crippen molar-refractivity contribution in [2.75, 3.05) is 6.54 Å². The lowest BCUT2D eigenvalue weighted by molar-refractivity contribution is 0.189. The molecule has 0 bridgehead atoms. The van der Waals surface area contributed by atoms with Crippen LogP contribution in [0.3, 0.4) is 0 Å². The maximum absolute atomic E-state index is 13.5. The Hall–Kier alpha value is -1.53. The summed E-state index contributed by atoms with van der Waals surface area (Å²) < 4.78 is 18.3. The summed E-state index contributed by atoms with van der Waals surface area (Å²) in [4.78, 5) is 2.36. The number of rotatable bonds is 4. The van der Waals surface area contributed by atoms with E-state index in [1.54, 1.807) is 12.1 Å². The molecule has 2 fully saturated rings. The Bertz CT molecular complexity index is 777. The normalized spacial score (nSPS) is 21.9. The molecule has 1 saturated heterocycles. The van der Waals surface area contributed by atoms with Crippen molar-refractivity contribution >= 4 is 12.2 Å². The van der Waals surface area contributed by atoms with Gasteiger partial charge in [0.15, 0.2) is 4.77 Å². The Morgan fingerprint density at radius 3 is 2.87 bits per heavy atom. The van der Waals surface area contributed by atoms with Crippen LogP contribution < -0.4 is 0 Å². The van der Waals surface area contributed by atoms with Crippen molar-refractivity contribution in [1.82, 2.24) is 19.2 Å². The van der Waals surface area contributed by atoms with Gasteiger partial charge < -0.3 is 4.57 Å². The maximum atomic E-state index is 13.5. The molecule has 1 atom stereocenters. The summed E-state index contributed by atoms with van der Waals surface area (Å²) in [5, 5.41) is 4.74. The predicted molar refractivity (Wildman–Crippen MR) is 89.1 cm³/mol. The quantitative estimate of drug-likeness (QED) is 0.797. The van der Waals surface area contributed by atoms with E-state index in [1.165, 1.54) is 18.9 Å². The molecule has 2 aliphatic rings. The zero-order valence-corrected chi connectivity index (χ0v) is 14.1. The summed E-state index contributed by atoms with van der Waals surface area (Å²) in [6, 6.07) is 7.20. The molecule has 6 heteroatoms. The third kappa shape index (κ3) is 2.85. The van der Waals surface area contributed by atoms with Gasteiger partial charge in [-0.25, -0.2) is 9.07 Å². The molecule has 4 rings (SSSR count). The molecule has 1 saturated carbocycles. The molecule has 0 N–H and O–H groups in total. The van der Waals surface area contributed by atoms with Gasteiger partial charge in [0.05, 0.1) is 6.67 Å². The third-order valence-corrected chi connectivity index (χ3v) is 5.41. The molecule has 122 valence electrons. The molecule has 0 radical (unpaired) electrons. The van der Waals surface area contributed by atoms with E-state index in [0.717, 1.165) is 35.5 Å². The third-order valence-electron chi connectivity index (χ3n) is 4.93. The van der Waals surface area contributed by atoms with Crippen molar-refractivity contribution in [2.24, 2.45) is 7.05 Å². The van der Waals surface area contributed by atoms with E-state index in [0.29, 0.717) is 12.6 Å². The molecule has 1 aromatic heterocycles. The summed E-state index contributed by atoms with van der Waals surface area (Å²) in [7, 11) is 2.01. The topological polar surface area (TPSA) is 26.0 Å². The molecule has 0 spiro atoms. The summed E-state index contributed by atoms with van der Waals surface area (Å²) in [5.74, 6) is 1.52. The van der Waals surface area contributed by atoms with Crippen LogP contribution >= 0.6 is 12.2 Å². The van der Waals surface area contributed by atoms with Crippen molar-refractivity contribution in [1.29, 1.82) is 0 Å². The second-order valence-corrected chi connectivity index (χ2v) is 7.01. The van der Waals surface area contributed by atoms with Crippen LogP contribution in [0.25, 0.3) is 0 Å². The SMILES string of the molecule is Cn1c(C2CC2)nn(CN2CCCC2c2cccc(F)c2)c1=S. The van der Waals surface area contributed by atoms with E-state index in [4.69, 9.17) is 17.3 Å². The van der Waals surface area contributed by atoms with Gasteiger partial charge in [-0.1, -0.05) is 12.1 Å². The van der Waals surface area contributed by atoms with Gasteiger partial charge in [-0.3, -0.25) is 4.90 Å². The first-order valence-corrected chi connectivity index (χ1v) is 8.67. The monoisotopic (exact) mass is 332 g/mol. The molecule has 2 aromatic rings. The van der Waals surface area contributed by atoms with E-state index in [1.807, 2.05) is 22.4 Å². The first-order valence-electron chi connectivity index (χ1n) is 8.27. The molecule has 1 aliphatic carbocycles. The predicted octanol–water partition coefficient (Wildman–Crippen LogP) is 3.76. The molecule has 1 aromatic carbocycles. The summed E-state index contributed by atoms with van der Waals surface area (Å²) >= 11 is 5.55. The fraction of sp³-hybridized carbons (Fsp3) is 0.529. The van der Waals surface area contributed by atoms with Gasteiger partial charge in [-0.05, 0) is 55.6 Å². The van der Waals surface area contributed by atoms with Gasteiger partial charge in [-0.15, -0.1) is 0 Å². The molecular weight excluding hydrogens is 311 g/mol. The van der Waals surface area contributed by atoms with Crippen LogP contribution in [0.4, 0.5) is 4.39 Å². The second-order valence-electron chi connectivity index (χ2n) is 6.64. The van der Waals surface area contributed by atoms with Gasteiger partial charge in [0.1, 0.15) is 11.6 Å². The Labute approximate surface area is 140 Å². The number of likely N-dealkylation sites (tertiary alicyclic amines) is 1. The molecule has 0 amide bonds. The van der Waals surface area contributed by atoms with Crippen LogP contribution in [0.2, 0.25) is 0 Å². The Morgan fingerprint density at radius 1 is 1.30 bits per heavy atom. The number of nitrogens with zero attached hydrogens (tertiary/aromatic N) is 4. The minimum absolute atomic E-state index is 0.167. The van der Waals surface area contributed by atoms with E-state index >= 15 is 0 Å². The molecule has 1 unspecified atom stereocenters. The van der Waals surface area contributed by atoms with Crippen LogP contribution in [0.5, 0.6) is 0 Å². The van der Waals surface area contributed by atoms with Gasteiger partial charge in [0.2, 0.25) is 0 Å². The maximum Gasteiger partial charge on any atom is 0.198 e. The fourth-order valence-corrected chi connectivity index (χ4v) is 3.74. The van der Waals surface area contributed by atoms with Crippen LogP contribution in [-0.4, -0.2) is 25.8 Å². The zero-order chi connectivity index (χ0) is 16.0. The van der Waals surface area contributed by atoms with Crippen molar-refractivity contribution in [3.8, 4) is 0 Å². The Morgan fingerprint density at radius 2 is 2.13 bits per heavy atom. The molecule has 1 aliphatic heterocycles. The fourth-order valence-electron chi connectivity index (χ4n) is 3.55. The van der Waals surface area contributed by atoms with Crippen molar-refractivity contribution in [2.45, 2.75) is 44.3 Å². The van der Waals surface area contributed by atoms with Crippen molar-refractivity contribution < 1.29 is 4.39 Å². The van der Waals surface area contributed by atoms with Crippen LogP contribution in [0, 0.1) is 10.6 Å². The first kappa shape index (κ1) is 15.0. The number of halogens is 1. The van der Waals surface area contributed by atoms with E-state index in [9.17, 15) is 4.39 Å².